The van der Waals surface area contributed by atoms with Crippen molar-refractivity contribution in [1.82, 2.24) is 0 Å². The highest BCUT2D eigenvalue weighted by Crippen LogP contribution is 2.46. The number of halogens is 3. The fourth-order valence-corrected chi connectivity index (χ4v) is 7.01. The van der Waals surface area contributed by atoms with Gasteiger partial charge in [0.1, 0.15) is 29.0 Å². The molecule has 0 N–H and O–H groups in total. The molecule has 0 saturated heterocycles. The van der Waals surface area contributed by atoms with Crippen molar-refractivity contribution in [3.8, 4) is 0 Å². The average molecular weight is 639 g/mol. The Bertz CT molecular complexity index is 1750. The molecule has 2 aliphatic rings. The van der Waals surface area contributed by atoms with Crippen LogP contribution >= 0.6 is 0 Å². The summed E-state index contributed by atoms with van der Waals surface area (Å²) in [5, 5.41) is 0. The Kier molecular flexibility index (Phi) is 10.9. The van der Waals surface area contributed by atoms with Gasteiger partial charge in [0.25, 0.3) is 0 Å². The van der Waals surface area contributed by atoms with E-state index in [2.05, 4.69) is 0 Å². The summed E-state index contributed by atoms with van der Waals surface area (Å²) in [7, 11) is 0. The van der Waals surface area contributed by atoms with Crippen LogP contribution in [-0.4, -0.2) is 17.3 Å². The van der Waals surface area contributed by atoms with Gasteiger partial charge in [-0.1, -0.05) is 85.7 Å². The van der Waals surface area contributed by atoms with Crippen LogP contribution in [0, 0.1) is 24.4 Å². The third-order valence-electron chi connectivity index (χ3n) is 9.33. The Morgan fingerprint density at radius 1 is 0.872 bits per heavy atom. The number of hydrogen-bond acceptors (Lipinski definition) is 3. The first-order valence-corrected chi connectivity index (χ1v) is 16.6. The minimum Gasteiger partial charge on any atom is -0.299 e. The summed E-state index contributed by atoms with van der Waals surface area (Å²) in [4.78, 5) is 39.0. The van der Waals surface area contributed by atoms with Crippen molar-refractivity contribution >= 4 is 17.3 Å². The zero-order valence-corrected chi connectivity index (χ0v) is 27.3. The minimum absolute atomic E-state index is 0.111. The number of aryl methyl sites for hydroxylation is 2. The Balaban J connectivity index is 1.38. The number of ketones is 3. The maximum absolute atomic E-state index is 14.9. The van der Waals surface area contributed by atoms with Crippen molar-refractivity contribution in [2.75, 3.05) is 0 Å². The third kappa shape index (κ3) is 7.98. The zero-order chi connectivity index (χ0) is 33.7. The van der Waals surface area contributed by atoms with Gasteiger partial charge >= 0.3 is 0 Å². The van der Waals surface area contributed by atoms with E-state index in [0.717, 1.165) is 45.4 Å². The summed E-state index contributed by atoms with van der Waals surface area (Å²) < 4.78 is 43.5. The lowest BCUT2D eigenvalue weighted by Gasteiger charge is -2.22. The molecule has 0 radical (unpaired) electrons. The van der Waals surface area contributed by atoms with Gasteiger partial charge in [-0.2, -0.15) is 0 Å². The highest BCUT2D eigenvalue weighted by molar-refractivity contribution is 6.10. The normalized spacial score (nSPS) is 17.4. The number of Topliss-reactive ketones (excluding diaryl/α,β-unsaturated/α-hetero) is 3. The summed E-state index contributed by atoms with van der Waals surface area (Å²) >= 11 is 0. The molecule has 3 aromatic rings. The van der Waals surface area contributed by atoms with Crippen molar-refractivity contribution in [2.45, 2.75) is 90.4 Å². The van der Waals surface area contributed by atoms with E-state index in [1.54, 1.807) is 0 Å². The van der Waals surface area contributed by atoms with E-state index in [0.29, 0.717) is 63.5 Å². The fraction of sp³-hybridized carbons (Fsp3) is 0.341. The predicted molar refractivity (Wildman–Crippen MR) is 179 cm³/mol. The molecule has 0 fully saturated rings. The molecule has 0 saturated carbocycles. The van der Waals surface area contributed by atoms with E-state index in [1.807, 2.05) is 81.5 Å². The summed E-state index contributed by atoms with van der Waals surface area (Å²) in [5.41, 5.74) is 6.57. The summed E-state index contributed by atoms with van der Waals surface area (Å²) in [6.07, 6.45) is 10.8. The monoisotopic (exact) mass is 638 g/mol. The molecule has 0 amide bonds. The van der Waals surface area contributed by atoms with Crippen LogP contribution in [0.25, 0.3) is 0 Å². The van der Waals surface area contributed by atoms with Crippen LogP contribution in [0.2, 0.25) is 0 Å². The number of rotatable bonds is 14. The molecule has 3 nitrogen and oxygen atoms in total. The minimum atomic E-state index is -1.22. The number of benzene rings is 3. The predicted octanol–water partition coefficient (Wildman–Crippen LogP) is 9.96. The van der Waals surface area contributed by atoms with Crippen LogP contribution in [0.4, 0.5) is 13.2 Å². The van der Waals surface area contributed by atoms with Gasteiger partial charge in [-0.3, -0.25) is 14.4 Å². The van der Waals surface area contributed by atoms with E-state index in [9.17, 15) is 27.6 Å². The Morgan fingerprint density at radius 3 is 2.26 bits per heavy atom. The molecule has 3 aromatic carbocycles. The Morgan fingerprint density at radius 2 is 1.57 bits per heavy atom. The van der Waals surface area contributed by atoms with E-state index in [-0.39, 0.29) is 23.1 Å². The molecule has 5 rings (SSSR count). The van der Waals surface area contributed by atoms with Gasteiger partial charge in [0.05, 0.1) is 5.56 Å². The van der Waals surface area contributed by atoms with Gasteiger partial charge in [-0.15, -0.1) is 0 Å². The maximum Gasteiger partial charge on any atom is 0.195 e. The highest BCUT2D eigenvalue weighted by Gasteiger charge is 2.36. The molecule has 2 unspecified atom stereocenters. The first kappa shape index (κ1) is 34.0. The van der Waals surface area contributed by atoms with E-state index in [4.69, 9.17) is 0 Å². The largest absolute Gasteiger partial charge is 0.299 e. The standard InChI is InChI=1S/C41H41F3O3/c1-4-7-32(45)19-26-12-13-27(18-26)20-33(46)17-16-29-8-6-9-35(34(29)5-2)36-21-30(28-14-10-25(3)11-15-28)22-37(36)41(47)40-38(43)23-31(42)24-39(40)44/h6,8-11,13-15,18,22-24,30,36H,4-5,7,12,16-17,19-21H2,1-3H3. The van der Waals surface area contributed by atoms with Gasteiger partial charge < -0.3 is 0 Å². The van der Waals surface area contributed by atoms with Crippen LogP contribution < -0.4 is 0 Å². The highest BCUT2D eigenvalue weighted by atomic mass is 19.1. The lowest BCUT2D eigenvalue weighted by molar-refractivity contribution is -0.119. The molecule has 0 heterocycles. The van der Waals surface area contributed by atoms with Gasteiger partial charge in [0, 0.05) is 55.2 Å². The van der Waals surface area contributed by atoms with Gasteiger partial charge in [0.15, 0.2) is 5.78 Å². The molecular weight excluding hydrogens is 597 g/mol. The van der Waals surface area contributed by atoms with Crippen molar-refractivity contribution < 1.29 is 27.6 Å². The van der Waals surface area contributed by atoms with Crippen LogP contribution in [0.1, 0.15) is 109 Å². The molecule has 244 valence electrons. The number of hydrogen-bond donors (Lipinski definition) is 0. The van der Waals surface area contributed by atoms with Gasteiger partial charge in [-0.05, 0) is 66.9 Å². The molecule has 0 aromatic heterocycles. The molecule has 2 atom stereocenters. The smallest absolute Gasteiger partial charge is 0.195 e. The van der Waals surface area contributed by atoms with Crippen molar-refractivity contribution in [2.24, 2.45) is 0 Å². The molecule has 2 aliphatic carbocycles. The summed E-state index contributed by atoms with van der Waals surface area (Å²) in [5.74, 6) is -4.56. The second-order valence-corrected chi connectivity index (χ2v) is 12.8. The molecule has 0 bridgehead atoms. The van der Waals surface area contributed by atoms with Crippen LogP contribution in [0.15, 0.2) is 89.5 Å². The fourth-order valence-electron chi connectivity index (χ4n) is 7.01. The summed E-state index contributed by atoms with van der Waals surface area (Å²) in [6.45, 7) is 6.01. The molecular formula is C41H41F3O3. The first-order chi connectivity index (χ1) is 22.6. The lowest BCUT2D eigenvalue weighted by Crippen LogP contribution is -2.15. The molecule has 47 heavy (non-hydrogen) atoms. The van der Waals surface area contributed by atoms with Gasteiger partial charge in [-0.25, -0.2) is 13.2 Å². The molecule has 0 spiro atoms. The number of allylic oxidation sites excluding steroid dienone is 6. The maximum atomic E-state index is 14.9. The van der Waals surface area contributed by atoms with Crippen molar-refractivity contribution in [1.29, 1.82) is 0 Å². The van der Waals surface area contributed by atoms with Crippen molar-refractivity contribution in [3.05, 3.63) is 140 Å². The second-order valence-electron chi connectivity index (χ2n) is 12.8. The van der Waals surface area contributed by atoms with Crippen LogP contribution in [0.3, 0.4) is 0 Å². The van der Waals surface area contributed by atoms with Crippen LogP contribution in [-0.2, 0) is 22.4 Å². The van der Waals surface area contributed by atoms with Crippen molar-refractivity contribution in [3.63, 3.8) is 0 Å². The first-order valence-electron chi connectivity index (χ1n) is 16.6. The molecule has 0 aliphatic heterocycles. The zero-order valence-electron chi connectivity index (χ0n) is 27.3. The van der Waals surface area contributed by atoms with Crippen LogP contribution in [0.5, 0.6) is 0 Å². The number of carbonyl (C=O) groups is 3. The van der Waals surface area contributed by atoms with E-state index < -0.39 is 34.7 Å². The van der Waals surface area contributed by atoms with E-state index >= 15 is 0 Å². The number of carbonyl (C=O) groups excluding carboxylic acids is 3. The Labute approximate surface area is 275 Å². The topological polar surface area (TPSA) is 51.2 Å². The average Bonchev–Trinajstić information content (AvgIpc) is 3.67. The molecule has 6 heteroatoms. The third-order valence-corrected chi connectivity index (χ3v) is 9.33. The SMILES string of the molecule is CCCC(=O)CC1=CC(CC(=O)CCc2cccc(C3CC(c4ccc(C)cc4)C=C3C(=O)c3c(F)cc(F)cc3F)c2CC)=CC1. The van der Waals surface area contributed by atoms with E-state index in [1.165, 1.54) is 0 Å². The second kappa shape index (κ2) is 15.1. The Hall–Kier alpha value is -4.32. The summed E-state index contributed by atoms with van der Waals surface area (Å²) in [6, 6.07) is 14.9. The van der Waals surface area contributed by atoms with Gasteiger partial charge in [0.2, 0.25) is 0 Å². The lowest BCUT2D eigenvalue weighted by atomic mass is 9.81. The quantitative estimate of drug-likeness (QED) is 0.165.